The molecule has 0 spiro atoms. The van der Waals surface area contributed by atoms with Crippen molar-refractivity contribution in [3.05, 3.63) is 12.7 Å². The number of esters is 1. The maximum absolute atomic E-state index is 10.3. The molecule has 0 saturated heterocycles. The maximum atomic E-state index is 10.3. The molecule has 0 amide bonds. The molecule has 0 heterocycles. The second kappa shape index (κ2) is 5.69. The first-order chi connectivity index (χ1) is 4.31. The van der Waals surface area contributed by atoms with Crippen LogP contribution in [0.4, 0.5) is 0 Å². The lowest BCUT2D eigenvalue weighted by atomic mass is 10.6. The summed E-state index contributed by atoms with van der Waals surface area (Å²) in [6.45, 7) is 3.74. The van der Waals surface area contributed by atoms with E-state index >= 15 is 0 Å². The average molecular weight is 146 g/mol. The summed E-state index contributed by atoms with van der Waals surface area (Å²) in [6.07, 6.45) is 3.13. The SMILES string of the molecule is C=CC(=O)OCCSC. The molecule has 0 aromatic carbocycles. The van der Waals surface area contributed by atoms with Gasteiger partial charge in [0, 0.05) is 11.8 Å². The van der Waals surface area contributed by atoms with Crippen molar-refractivity contribution in [3.8, 4) is 0 Å². The van der Waals surface area contributed by atoms with Gasteiger partial charge in [0.1, 0.15) is 6.61 Å². The molecular weight excluding hydrogens is 136 g/mol. The summed E-state index contributed by atoms with van der Waals surface area (Å²) in [4.78, 5) is 10.3. The maximum Gasteiger partial charge on any atom is 0.330 e. The lowest BCUT2D eigenvalue weighted by Crippen LogP contribution is -2.02. The van der Waals surface area contributed by atoms with Crippen molar-refractivity contribution in [1.29, 1.82) is 0 Å². The van der Waals surface area contributed by atoms with Gasteiger partial charge in [0.05, 0.1) is 0 Å². The number of carbonyl (C=O) groups excluding carboxylic acids is 1. The minimum Gasteiger partial charge on any atom is -0.462 e. The van der Waals surface area contributed by atoms with E-state index in [0.29, 0.717) is 6.61 Å². The zero-order valence-electron chi connectivity index (χ0n) is 5.42. The van der Waals surface area contributed by atoms with Crippen LogP contribution in [0.2, 0.25) is 0 Å². The van der Waals surface area contributed by atoms with Gasteiger partial charge in [-0.25, -0.2) is 4.79 Å². The second-order valence-electron chi connectivity index (χ2n) is 1.36. The van der Waals surface area contributed by atoms with Gasteiger partial charge in [-0.15, -0.1) is 0 Å². The Labute approximate surface area is 59.3 Å². The van der Waals surface area contributed by atoms with Crippen LogP contribution in [0, 0.1) is 0 Å². The third kappa shape index (κ3) is 5.43. The molecule has 0 aliphatic heterocycles. The van der Waals surface area contributed by atoms with Crippen LogP contribution in [0.5, 0.6) is 0 Å². The summed E-state index contributed by atoms with van der Waals surface area (Å²) in [7, 11) is 0. The van der Waals surface area contributed by atoms with Crippen molar-refractivity contribution in [3.63, 3.8) is 0 Å². The highest BCUT2D eigenvalue weighted by atomic mass is 32.2. The summed E-state index contributed by atoms with van der Waals surface area (Å²) < 4.78 is 4.65. The van der Waals surface area contributed by atoms with Crippen LogP contribution < -0.4 is 0 Å². The number of carbonyl (C=O) groups is 1. The van der Waals surface area contributed by atoms with Crippen molar-refractivity contribution in [2.45, 2.75) is 0 Å². The van der Waals surface area contributed by atoms with Gasteiger partial charge in [0.15, 0.2) is 0 Å². The number of rotatable bonds is 4. The summed E-state index contributed by atoms with van der Waals surface area (Å²) in [5.41, 5.74) is 0. The van der Waals surface area contributed by atoms with Gasteiger partial charge in [0.25, 0.3) is 0 Å². The first-order valence-corrected chi connectivity index (χ1v) is 3.98. The summed E-state index contributed by atoms with van der Waals surface area (Å²) >= 11 is 1.64. The van der Waals surface area contributed by atoms with Crippen molar-refractivity contribution in [2.24, 2.45) is 0 Å². The predicted molar refractivity (Wildman–Crippen MR) is 39.5 cm³/mol. The van der Waals surface area contributed by atoms with Crippen molar-refractivity contribution >= 4 is 17.7 Å². The third-order valence-corrected chi connectivity index (χ3v) is 1.27. The highest BCUT2D eigenvalue weighted by Gasteiger charge is 1.91. The minimum absolute atomic E-state index is 0.343. The van der Waals surface area contributed by atoms with Gasteiger partial charge >= 0.3 is 5.97 Å². The molecule has 0 aliphatic carbocycles. The minimum atomic E-state index is -0.343. The standard InChI is InChI=1S/C6H10O2S/c1-3-6(7)8-4-5-9-2/h3H,1,4-5H2,2H3. The van der Waals surface area contributed by atoms with Gasteiger partial charge in [0.2, 0.25) is 0 Å². The van der Waals surface area contributed by atoms with Crippen molar-refractivity contribution in [1.82, 2.24) is 0 Å². The molecule has 0 radical (unpaired) electrons. The van der Waals surface area contributed by atoms with Crippen LogP contribution in [-0.4, -0.2) is 24.6 Å². The third-order valence-electron chi connectivity index (χ3n) is 0.698. The molecule has 0 aromatic rings. The molecule has 0 atom stereocenters. The monoisotopic (exact) mass is 146 g/mol. The van der Waals surface area contributed by atoms with E-state index in [4.69, 9.17) is 0 Å². The van der Waals surface area contributed by atoms with Gasteiger partial charge in [-0.05, 0) is 6.26 Å². The number of ether oxygens (including phenoxy) is 1. The van der Waals surface area contributed by atoms with E-state index in [1.807, 2.05) is 6.26 Å². The summed E-state index contributed by atoms with van der Waals surface area (Å²) in [6, 6.07) is 0. The molecule has 0 fully saturated rings. The Morgan fingerprint density at radius 1 is 1.89 bits per heavy atom. The topological polar surface area (TPSA) is 26.3 Å². The number of thioether (sulfide) groups is 1. The van der Waals surface area contributed by atoms with E-state index in [-0.39, 0.29) is 5.97 Å². The van der Waals surface area contributed by atoms with E-state index in [9.17, 15) is 4.79 Å². The van der Waals surface area contributed by atoms with E-state index in [2.05, 4.69) is 11.3 Å². The summed E-state index contributed by atoms with van der Waals surface area (Å²) in [5, 5.41) is 0. The molecular formula is C6H10O2S. The fourth-order valence-corrected chi connectivity index (χ4v) is 0.535. The van der Waals surface area contributed by atoms with Gasteiger partial charge in [-0.1, -0.05) is 6.58 Å². The molecule has 9 heavy (non-hydrogen) atoms. The van der Waals surface area contributed by atoms with Crippen LogP contribution in [0.25, 0.3) is 0 Å². The van der Waals surface area contributed by atoms with Crippen molar-refractivity contribution in [2.75, 3.05) is 18.6 Å². The fraction of sp³-hybridized carbons (Fsp3) is 0.500. The molecule has 0 aromatic heterocycles. The van der Waals surface area contributed by atoms with Crippen LogP contribution >= 0.6 is 11.8 Å². The molecule has 0 bridgehead atoms. The Morgan fingerprint density at radius 3 is 3.00 bits per heavy atom. The van der Waals surface area contributed by atoms with Gasteiger partial charge < -0.3 is 4.74 Å². The first-order valence-electron chi connectivity index (χ1n) is 2.59. The Bertz CT molecular complexity index is 101. The second-order valence-corrected chi connectivity index (χ2v) is 2.35. The molecule has 52 valence electrons. The molecule has 0 aliphatic rings. The molecule has 0 N–H and O–H groups in total. The Hall–Kier alpha value is -0.440. The smallest absolute Gasteiger partial charge is 0.330 e. The van der Waals surface area contributed by atoms with Crippen LogP contribution in [0.1, 0.15) is 0 Å². The van der Waals surface area contributed by atoms with E-state index in [1.54, 1.807) is 11.8 Å². The quantitative estimate of drug-likeness (QED) is 0.337. The number of hydrogen-bond acceptors (Lipinski definition) is 3. The zero-order valence-corrected chi connectivity index (χ0v) is 6.24. The van der Waals surface area contributed by atoms with E-state index in [0.717, 1.165) is 5.75 Å². The van der Waals surface area contributed by atoms with Crippen LogP contribution in [0.3, 0.4) is 0 Å². The molecule has 0 rings (SSSR count). The van der Waals surface area contributed by atoms with Gasteiger partial charge in [-0.2, -0.15) is 11.8 Å². The lowest BCUT2D eigenvalue weighted by molar-refractivity contribution is -0.137. The normalized spacial score (nSPS) is 8.56. The zero-order chi connectivity index (χ0) is 7.11. The number of hydrogen-bond donors (Lipinski definition) is 0. The van der Waals surface area contributed by atoms with E-state index < -0.39 is 0 Å². The Morgan fingerprint density at radius 2 is 2.56 bits per heavy atom. The fourth-order valence-electron chi connectivity index (χ4n) is 0.285. The largest absolute Gasteiger partial charge is 0.462 e. The molecule has 3 heteroatoms. The Kier molecular flexibility index (Phi) is 5.41. The Balaban J connectivity index is 3.07. The predicted octanol–water partition coefficient (Wildman–Crippen LogP) is 1.08. The molecule has 0 saturated carbocycles. The average Bonchev–Trinajstić information content (AvgIpc) is 1.89. The van der Waals surface area contributed by atoms with Gasteiger partial charge in [-0.3, -0.25) is 0 Å². The first kappa shape index (κ1) is 8.56. The molecule has 2 nitrogen and oxygen atoms in total. The van der Waals surface area contributed by atoms with Crippen molar-refractivity contribution < 1.29 is 9.53 Å². The molecule has 0 unspecified atom stereocenters. The van der Waals surface area contributed by atoms with Crippen LogP contribution in [0.15, 0.2) is 12.7 Å². The lowest BCUT2D eigenvalue weighted by Gasteiger charge is -1.97. The van der Waals surface area contributed by atoms with Crippen LogP contribution in [-0.2, 0) is 9.53 Å². The highest BCUT2D eigenvalue weighted by Crippen LogP contribution is 1.90. The highest BCUT2D eigenvalue weighted by molar-refractivity contribution is 7.98. The summed E-state index contributed by atoms with van der Waals surface area (Å²) in [5.74, 6) is 0.503. The van der Waals surface area contributed by atoms with E-state index in [1.165, 1.54) is 6.08 Å².